The molecular formula is C12H15BrClN3. The van der Waals surface area contributed by atoms with Crippen LogP contribution in [0.15, 0.2) is 16.7 Å². The highest BCUT2D eigenvalue weighted by molar-refractivity contribution is 9.10. The monoisotopic (exact) mass is 315 g/mol. The second-order valence-corrected chi connectivity index (χ2v) is 6.12. The van der Waals surface area contributed by atoms with Crippen molar-refractivity contribution in [3.8, 4) is 0 Å². The van der Waals surface area contributed by atoms with Crippen LogP contribution in [0.5, 0.6) is 0 Å². The fourth-order valence-corrected chi connectivity index (χ4v) is 3.66. The van der Waals surface area contributed by atoms with E-state index < -0.39 is 0 Å². The molecule has 3 rings (SSSR count). The Morgan fingerprint density at radius 1 is 1.35 bits per heavy atom. The van der Waals surface area contributed by atoms with Gasteiger partial charge in [0.2, 0.25) is 0 Å². The van der Waals surface area contributed by atoms with Crippen molar-refractivity contribution in [1.29, 1.82) is 0 Å². The minimum atomic E-state index is 0.617. The molecule has 1 N–H and O–H groups in total. The predicted molar refractivity (Wildman–Crippen MR) is 73.7 cm³/mol. The van der Waals surface area contributed by atoms with Gasteiger partial charge in [-0.15, -0.1) is 0 Å². The molecule has 0 spiro atoms. The van der Waals surface area contributed by atoms with E-state index >= 15 is 0 Å². The van der Waals surface area contributed by atoms with Gasteiger partial charge in [-0.2, -0.15) is 0 Å². The highest BCUT2D eigenvalue weighted by Gasteiger charge is 2.30. The number of anilines is 1. The van der Waals surface area contributed by atoms with Gasteiger partial charge in [-0.25, -0.2) is 4.98 Å². The third-order valence-corrected chi connectivity index (χ3v) is 4.40. The van der Waals surface area contributed by atoms with Gasteiger partial charge >= 0.3 is 0 Å². The molecule has 5 heteroatoms. The van der Waals surface area contributed by atoms with E-state index in [-0.39, 0.29) is 0 Å². The molecule has 0 saturated carbocycles. The van der Waals surface area contributed by atoms with Crippen molar-refractivity contribution in [2.75, 3.05) is 18.0 Å². The highest BCUT2D eigenvalue weighted by Crippen LogP contribution is 2.29. The van der Waals surface area contributed by atoms with Crippen molar-refractivity contribution < 1.29 is 0 Å². The molecule has 17 heavy (non-hydrogen) atoms. The number of fused-ring (bicyclic) bond motifs is 2. The van der Waals surface area contributed by atoms with Crippen LogP contribution in [-0.2, 0) is 0 Å². The fourth-order valence-electron chi connectivity index (χ4n) is 2.78. The smallest absolute Gasteiger partial charge is 0.143 e. The average molecular weight is 317 g/mol. The summed E-state index contributed by atoms with van der Waals surface area (Å²) in [6, 6.07) is 3.24. The summed E-state index contributed by atoms with van der Waals surface area (Å²) in [4.78, 5) is 6.80. The maximum Gasteiger partial charge on any atom is 0.143 e. The molecule has 2 fully saturated rings. The summed E-state index contributed by atoms with van der Waals surface area (Å²) in [6.07, 6.45) is 5.53. The Bertz CT molecular complexity index is 426. The molecule has 2 saturated heterocycles. The summed E-state index contributed by atoms with van der Waals surface area (Å²) < 4.78 is 0.989. The van der Waals surface area contributed by atoms with E-state index in [0.717, 1.165) is 23.4 Å². The molecule has 0 amide bonds. The Kier molecular flexibility index (Phi) is 3.28. The first-order valence-electron chi connectivity index (χ1n) is 6.04. The van der Waals surface area contributed by atoms with E-state index in [1.54, 1.807) is 6.20 Å². The first-order chi connectivity index (χ1) is 8.22. The minimum absolute atomic E-state index is 0.617. The van der Waals surface area contributed by atoms with Crippen molar-refractivity contribution in [3.63, 3.8) is 0 Å². The fraction of sp³-hybridized carbons (Fsp3) is 0.583. The van der Waals surface area contributed by atoms with E-state index in [1.165, 1.54) is 19.3 Å². The first kappa shape index (κ1) is 11.8. The van der Waals surface area contributed by atoms with Crippen molar-refractivity contribution in [1.82, 2.24) is 10.3 Å². The summed E-state index contributed by atoms with van der Waals surface area (Å²) >= 11 is 9.48. The van der Waals surface area contributed by atoms with Gasteiger partial charge in [-0.05, 0) is 41.3 Å². The summed E-state index contributed by atoms with van der Waals surface area (Å²) in [5, 5.41) is 4.35. The third-order valence-electron chi connectivity index (χ3n) is 3.61. The number of hydrogen-bond acceptors (Lipinski definition) is 3. The van der Waals surface area contributed by atoms with Crippen molar-refractivity contribution in [3.05, 3.63) is 21.8 Å². The summed E-state index contributed by atoms with van der Waals surface area (Å²) in [5.41, 5.74) is 0. The van der Waals surface area contributed by atoms with Crippen molar-refractivity contribution in [2.24, 2.45) is 0 Å². The number of nitrogens with zero attached hydrogens (tertiary/aromatic N) is 2. The van der Waals surface area contributed by atoms with Crippen LogP contribution in [-0.4, -0.2) is 30.2 Å². The Labute approximate surface area is 115 Å². The molecule has 3 nitrogen and oxygen atoms in total. The van der Waals surface area contributed by atoms with Crippen LogP contribution in [0.25, 0.3) is 0 Å². The van der Waals surface area contributed by atoms with Crippen molar-refractivity contribution in [2.45, 2.75) is 31.3 Å². The predicted octanol–water partition coefficient (Wildman–Crippen LogP) is 2.83. The molecule has 0 aromatic carbocycles. The molecule has 1 aromatic heterocycles. The van der Waals surface area contributed by atoms with Crippen LogP contribution >= 0.6 is 27.5 Å². The molecule has 2 aliphatic heterocycles. The standard InChI is InChI=1S/C12H15BrClN3/c13-11-5-8(14)6-15-12(11)17-4-3-9-1-2-10(7-17)16-9/h5-6,9-10,16H,1-4,7H2. The van der Waals surface area contributed by atoms with Gasteiger partial charge in [0.1, 0.15) is 5.82 Å². The molecule has 0 aliphatic carbocycles. The lowest BCUT2D eigenvalue weighted by Crippen LogP contribution is -2.35. The maximum atomic E-state index is 5.93. The Morgan fingerprint density at radius 2 is 2.18 bits per heavy atom. The summed E-state index contributed by atoms with van der Waals surface area (Å²) in [6.45, 7) is 2.12. The van der Waals surface area contributed by atoms with Gasteiger partial charge in [-0.1, -0.05) is 11.6 Å². The van der Waals surface area contributed by atoms with Crippen LogP contribution in [0, 0.1) is 0 Å². The normalized spacial score (nSPS) is 28.2. The van der Waals surface area contributed by atoms with Crippen LogP contribution < -0.4 is 10.2 Å². The second kappa shape index (κ2) is 4.75. The molecule has 0 radical (unpaired) electrons. The van der Waals surface area contributed by atoms with Crippen molar-refractivity contribution >= 4 is 33.3 Å². The number of hydrogen-bond donors (Lipinski definition) is 1. The van der Waals surface area contributed by atoms with Gasteiger partial charge in [-0.3, -0.25) is 0 Å². The third kappa shape index (κ3) is 2.44. The van der Waals surface area contributed by atoms with E-state index in [4.69, 9.17) is 11.6 Å². The molecule has 2 unspecified atom stereocenters. The molecule has 2 bridgehead atoms. The van der Waals surface area contributed by atoms with Crippen LogP contribution in [0.3, 0.4) is 0 Å². The number of aromatic nitrogens is 1. The van der Waals surface area contributed by atoms with Crippen LogP contribution in [0.4, 0.5) is 5.82 Å². The Morgan fingerprint density at radius 3 is 3.00 bits per heavy atom. The lowest BCUT2D eigenvalue weighted by Gasteiger charge is -2.26. The SMILES string of the molecule is Clc1cnc(N2CCC3CCC(C2)N3)c(Br)c1. The van der Waals surface area contributed by atoms with Gasteiger partial charge < -0.3 is 10.2 Å². The van der Waals surface area contributed by atoms with E-state index in [0.29, 0.717) is 17.1 Å². The van der Waals surface area contributed by atoms with Gasteiger partial charge in [0.25, 0.3) is 0 Å². The van der Waals surface area contributed by atoms with Crippen LogP contribution in [0.1, 0.15) is 19.3 Å². The maximum absolute atomic E-state index is 5.93. The second-order valence-electron chi connectivity index (χ2n) is 4.83. The molecular weight excluding hydrogens is 302 g/mol. The van der Waals surface area contributed by atoms with E-state index in [9.17, 15) is 0 Å². The van der Waals surface area contributed by atoms with Crippen LogP contribution in [0.2, 0.25) is 5.02 Å². The van der Waals surface area contributed by atoms with Gasteiger partial charge in [0, 0.05) is 31.4 Å². The van der Waals surface area contributed by atoms with E-state index in [2.05, 4.69) is 31.1 Å². The summed E-state index contributed by atoms with van der Waals surface area (Å²) in [7, 11) is 0. The van der Waals surface area contributed by atoms with E-state index in [1.807, 2.05) is 6.07 Å². The Hall–Kier alpha value is -0.320. The minimum Gasteiger partial charge on any atom is -0.354 e. The number of pyridine rings is 1. The lowest BCUT2D eigenvalue weighted by atomic mass is 10.1. The Balaban J connectivity index is 1.83. The van der Waals surface area contributed by atoms with Gasteiger partial charge in [0.05, 0.1) is 9.50 Å². The zero-order valence-corrected chi connectivity index (χ0v) is 11.8. The molecule has 92 valence electrons. The zero-order valence-electron chi connectivity index (χ0n) is 9.50. The topological polar surface area (TPSA) is 28.2 Å². The molecule has 2 aliphatic rings. The van der Waals surface area contributed by atoms with Gasteiger partial charge in [0.15, 0.2) is 0 Å². The molecule has 1 aromatic rings. The highest BCUT2D eigenvalue weighted by atomic mass is 79.9. The number of rotatable bonds is 1. The first-order valence-corrected chi connectivity index (χ1v) is 7.21. The number of halogens is 2. The molecule has 2 atom stereocenters. The summed E-state index contributed by atoms with van der Waals surface area (Å²) in [5.74, 6) is 1.02. The number of nitrogens with one attached hydrogen (secondary N) is 1. The quantitative estimate of drug-likeness (QED) is 0.863. The average Bonchev–Trinajstić information content (AvgIpc) is 2.60. The lowest BCUT2D eigenvalue weighted by molar-refractivity contribution is 0.563. The largest absolute Gasteiger partial charge is 0.354 e. The molecule has 3 heterocycles. The zero-order chi connectivity index (χ0) is 11.8.